The molecule has 2 N–H and O–H groups in total. The van der Waals surface area contributed by atoms with Crippen LogP contribution in [0.1, 0.15) is 12.0 Å². The van der Waals surface area contributed by atoms with Crippen LogP contribution in [0, 0.1) is 0 Å². The fourth-order valence-corrected chi connectivity index (χ4v) is 1.11. The Morgan fingerprint density at radius 2 is 2.00 bits per heavy atom. The molecule has 0 bridgehead atoms. The maximum atomic E-state index is 10.3. The Morgan fingerprint density at radius 1 is 1.38 bits per heavy atom. The molecule has 0 radical (unpaired) electrons. The smallest absolute Gasteiger partial charge is 0.303 e. The van der Waals surface area contributed by atoms with Gasteiger partial charge in [0.1, 0.15) is 0 Å². The highest BCUT2D eigenvalue weighted by molar-refractivity contribution is 6.23. The van der Waals surface area contributed by atoms with E-state index in [1.165, 1.54) is 0 Å². The highest BCUT2D eigenvalue weighted by atomic mass is 35.5. The van der Waals surface area contributed by atoms with Gasteiger partial charge in [-0.2, -0.15) is 0 Å². The van der Waals surface area contributed by atoms with E-state index in [9.17, 15) is 4.79 Å². The van der Waals surface area contributed by atoms with E-state index in [0.717, 1.165) is 11.3 Å². The average Bonchev–Trinajstić information content (AvgIpc) is 2.15. The third-order valence-corrected chi connectivity index (χ3v) is 1.91. The number of halogens is 1. The number of carboxylic acids is 1. The minimum atomic E-state index is -0.778. The molecule has 0 atom stereocenters. The average molecular weight is 200 g/mol. The topological polar surface area (TPSA) is 49.3 Å². The first-order valence-corrected chi connectivity index (χ1v) is 4.27. The number of rotatable bonds is 4. The summed E-state index contributed by atoms with van der Waals surface area (Å²) < 4.78 is 0. The highest BCUT2D eigenvalue weighted by Crippen LogP contribution is 2.11. The summed E-state index contributed by atoms with van der Waals surface area (Å²) in [7, 11) is 0. The molecule has 0 saturated carbocycles. The minimum Gasteiger partial charge on any atom is -0.481 e. The number of benzene rings is 1. The lowest BCUT2D eigenvalue weighted by molar-refractivity contribution is -0.136. The van der Waals surface area contributed by atoms with Crippen molar-refractivity contribution in [2.24, 2.45) is 0 Å². The third-order valence-electron chi connectivity index (χ3n) is 1.69. The summed E-state index contributed by atoms with van der Waals surface area (Å²) >= 11 is 5.36. The van der Waals surface area contributed by atoms with Crippen LogP contribution < -0.4 is 4.84 Å². The summed E-state index contributed by atoms with van der Waals surface area (Å²) in [6, 6.07) is 7.33. The van der Waals surface area contributed by atoms with E-state index in [1.54, 1.807) is 0 Å². The molecule has 1 rings (SSSR count). The Hall–Kier alpha value is -1.22. The van der Waals surface area contributed by atoms with E-state index in [2.05, 4.69) is 4.84 Å². The van der Waals surface area contributed by atoms with Crippen molar-refractivity contribution in [1.82, 2.24) is 0 Å². The maximum absolute atomic E-state index is 10.3. The molecular weight excluding hydrogens is 190 g/mol. The van der Waals surface area contributed by atoms with Gasteiger partial charge < -0.3 is 5.11 Å². The summed E-state index contributed by atoms with van der Waals surface area (Å²) in [5, 5.41) is 8.44. The standard InChI is InChI=1S/C9H10ClNO2/c10-11-8-4-1-7(2-5-8)3-6-9(12)13/h1-2,4-5,11H,3,6H2,(H,12,13). The molecule has 0 saturated heterocycles. The predicted molar refractivity (Wildman–Crippen MR) is 51.9 cm³/mol. The van der Waals surface area contributed by atoms with E-state index in [0.29, 0.717) is 6.42 Å². The normalized spacial score (nSPS) is 9.62. The van der Waals surface area contributed by atoms with E-state index in [4.69, 9.17) is 16.9 Å². The molecule has 1 aromatic rings. The van der Waals surface area contributed by atoms with E-state index in [1.807, 2.05) is 24.3 Å². The van der Waals surface area contributed by atoms with Gasteiger partial charge in [0.2, 0.25) is 0 Å². The monoisotopic (exact) mass is 199 g/mol. The SMILES string of the molecule is O=C(O)CCc1ccc(NCl)cc1. The van der Waals surface area contributed by atoms with Gasteiger partial charge in [0.15, 0.2) is 0 Å². The number of carbonyl (C=O) groups is 1. The Kier molecular flexibility index (Phi) is 3.58. The van der Waals surface area contributed by atoms with Crippen molar-refractivity contribution < 1.29 is 9.90 Å². The molecule has 1 aromatic carbocycles. The molecule has 70 valence electrons. The van der Waals surface area contributed by atoms with Crippen LogP contribution in [0.5, 0.6) is 0 Å². The van der Waals surface area contributed by atoms with Gasteiger partial charge in [-0.05, 0) is 24.1 Å². The Balaban J connectivity index is 2.54. The van der Waals surface area contributed by atoms with Crippen molar-refractivity contribution in [3.63, 3.8) is 0 Å². The van der Waals surface area contributed by atoms with Crippen molar-refractivity contribution in [2.45, 2.75) is 12.8 Å². The lowest BCUT2D eigenvalue weighted by atomic mass is 10.1. The summed E-state index contributed by atoms with van der Waals surface area (Å²) in [4.78, 5) is 12.7. The molecule has 0 aliphatic rings. The van der Waals surface area contributed by atoms with Crippen molar-refractivity contribution in [3.8, 4) is 0 Å². The van der Waals surface area contributed by atoms with Gasteiger partial charge in [0.25, 0.3) is 0 Å². The molecular formula is C9H10ClNO2. The van der Waals surface area contributed by atoms with Gasteiger partial charge in [0.05, 0.1) is 0 Å². The molecule has 13 heavy (non-hydrogen) atoms. The number of hydrogen-bond acceptors (Lipinski definition) is 2. The number of aryl methyl sites for hydroxylation is 1. The zero-order chi connectivity index (χ0) is 9.68. The maximum Gasteiger partial charge on any atom is 0.303 e. The first-order valence-electron chi connectivity index (χ1n) is 3.90. The molecule has 0 unspecified atom stereocenters. The molecule has 3 nitrogen and oxygen atoms in total. The quantitative estimate of drug-likeness (QED) is 0.732. The van der Waals surface area contributed by atoms with Crippen LogP contribution in [0.15, 0.2) is 24.3 Å². The highest BCUT2D eigenvalue weighted by Gasteiger charge is 1.98. The van der Waals surface area contributed by atoms with Crippen molar-refractivity contribution >= 4 is 23.4 Å². The van der Waals surface area contributed by atoms with Crippen LogP contribution in [0.4, 0.5) is 5.69 Å². The first-order chi connectivity index (χ1) is 6.22. The van der Waals surface area contributed by atoms with Crippen molar-refractivity contribution in [3.05, 3.63) is 29.8 Å². The molecule has 0 heterocycles. The van der Waals surface area contributed by atoms with Crippen LogP contribution in [-0.2, 0) is 11.2 Å². The van der Waals surface area contributed by atoms with Gasteiger partial charge in [-0.1, -0.05) is 12.1 Å². The van der Waals surface area contributed by atoms with Crippen molar-refractivity contribution in [2.75, 3.05) is 4.84 Å². The second-order valence-corrected chi connectivity index (χ2v) is 2.87. The minimum absolute atomic E-state index is 0.160. The van der Waals surface area contributed by atoms with Crippen LogP contribution in [0.2, 0.25) is 0 Å². The predicted octanol–water partition coefficient (Wildman–Crippen LogP) is 2.27. The lowest BCUT2D eigenvalue weighted by Crippen LogP contribution is -1.97. The van der Waals surface area contributed by atoms with Gasteiger partial charge >= 0.3 is 5.97 Å². The second kappa shape index (κ2) is 4.72. The fourth-order valence-electron chi connectivity index (χ4n) is 0.986. The fraction of sp³-hybridized carbons (Fsp3) is 0.222. The summed E-state index contributed by atoms with van der Waals surface area (Å²) in [6.45, 7) is 0. The number of hydrogen-bond donors (Lipinski definition) is 2. The lowest BCUT2D eigenvalue weighted by Gasteiger charge is -2.00. The number of anilines is 1. The summed E-state index contributed by atoms with van der Waals surface area (Å²) in [5.41, 5.74) is 1.80. The summed E-state index contributed by atoms with van der Waals surface area (Å²) in [6.07, 6.45) is 0.714. The summed E-state index contributed by atoms with van der Waals surface area (Å²) in [5.74, 6) is -0.778. The van der Waals surface area contributed by atoms with Crippen LogP contribution in [0.25, 0.3) is 0 Å². The second-order valence-electron chi connectivity index (χ2n) is 2.69. The Bertz CT molecular complexity index is 284. The number of nitrogens with one attached hydrogen (secondary N) is 1. The molecule has 4 heteroatoms. The van der Waals surface area contributed by atoms with Gasteiger partial charge in [-0.25, -0.2) is 0 Å². The van der Waals surface area contributed by atoms with E-state index in [-0.39, 0.29) is 6.42 Å². The van der Waals surface area contributed by atoms with Gasteiger partial charge in [-0.3, -0.25) is 9.63 Å². The van der Waals surface area contributed by atoms with Gasteiger partial charge in [0, 0.05) is 23.9 Å². The zero-order valence-electron chi connectivity index (χ0n) is 6.96. The Labute approximate surface area is 81.4 Å². The van der Waals surface area contributed by atoms with Crippen LogP contribution in [0.3, 0.4) is 0 Å². The van der Waals surface area contributed by atoms with Crippen LogP contribution >= 0.6 is 11.8 Å². The molecule has 0 aliphatic heterocycles. The van der Waals surface area contributed by atoms with Crippen molar-refractivity contribution in [1.29, 1.82) is 0 Å². The molecule has 0 fully saturated rings. The van der Waals surface area contributed by atoms with Gasteiger partial charge in [-0.15, -0.1) is 0 Å². The molecule has 0 spiro atoms. The first kappa shape index (κ1) is 9.86. The largest absolute Gasteiger partial charge is 0.481 e. The number of carboxylic acid groups (broad SMARTS) is 1. The molecule has 0 aromatic heterocycles. The molecule has 0 aliphatic carbocycles. The third kappa shape index (κ3) is 3.34. The molecule has 0 amide bonds. The van der Waals surface area contributed by atoms with Crippen LogP contribution in [-0.4, -0.2) is 11.1 Å². The Morgan fingerprint density at radius 3 is 2.46 bits per heavy atom. The van der Waals surface area contributed by atoms with E-state index < -0.39 is 5.97 Å². The number of aliphatic carboxylic acids is 1. The van der Waals surface area contributed by atoms with E-state index >= 15 is 0 Å². The zero-order valence-corrected chi connectivity index (χ0v) is 7.71.